The van der Waals surface area contributed by atoms with E-state index in [0.29, 0.717) is 17.2 Å². The number of amides is 1. The Morgan fingerprint density at radius 1 is 0.875 bits per heavy atom. The molecule has 156 valence electrons. The molecule has 32 heavy (non-hydrogen) atoms. The average Bonchev–Trinajstić information content (AvgIpc) is 3.26. The van der Waals surface area contributed by atoms with E-state index in [2.05, 4.69) is 30.6 Å². The molecule has 0 saturated heterocycles. The number of carbonyl (C=O) groups is 1. The second kappa shape index (κ2) is 8.27. The van der Waals surface area contributed by atoms with Gasteiger partial charge in [-0.15, -0.1) is 0 Å². The van der Waals surface area contributed by atoms with Crippen LogP contribution in [-0.2, 0) is 0 Å². The van der Waals surface area contributed by atoms with Gasteiger partial charge in [0.1, 0.15) is 29.5 Å². The first kappa shape index (κ1) is 19.4. The SMILES string of the molecule is Cc1nccn1-c1cc(Nc2ccc(NC(=O)c3nccc4ccccc34)cc2)ncn1. The Morgan fingerprint density at radius 2 is 1.69 bits per heavy atom. The summed E-state index contributed by atoms with van der Waals surface area (Å²) in [5.74, 6) is 1.97. The molecule has 5 rings (SSSR count). The zero-order valence-electron chi connectivity index (χ0n) is 17.2. The number of aryl methyl sites for hydroxylation is 1. The molecule has 0 unspecified atom stereocenters. The van der Waals surface area contributed by atoms with Gasteiger partial charge in [-0.1, -0.05) is 24.3 Å². The van der Waals surface area contributed by atoms with Crippen LogP contribution in [0.4, 0.5) is 17.2 Å². The minimum Gasteiger partial charge on any atom is -0.340 e. The van der Waals surface area contributed by atoms with Crippen molar-refractivity contribution < 1.29 is 4.79 Å². The van der Waals surface area contributed by atoms with E-state index >= 15 is 0 Å². The second-order valence-electron chi connectivity index (χ2n) is 7.14. The summed E-state index contributed by atoms with van der Waals surface area (Å²) >= 11 is 0. The number of aromatic nitrogens is 5. The highest BCUT2D eigenvalue weighted by atomic mass is 16.1. The van der Waals surface area contributed by atoms with Crippen LogP contribution < -0.4 is 10.6 Å². The number of benzene rings is 2. The Balaban J connectivity index is 1.31. The fourth-order valence-electron chi connectivity index (χ4n) is 3.44. The molecule has 1 amide bonds. The Morgan fingerprint density at radius 3 is 2.50 bits per heavy atom. The van der Waals surface area contributed by atoms with Crippen molar-refractivity contribution in [2.24, 2.45) is 0 Å². The normalized spacial score (nSPS) is 10.8. The fourth-order valence-corrected chi connectivity index (χ4v) is 3.44. The number of imidazole rings is 1. The Kier molecular flexibility index (Phi) is 5.01. The van der Waals surface area contributed by atoms with Gasteiger partial charge in [0.05, 0.1) is 0 Å². The third-order valence-electron chi connectivity index (χ3n) is 5.03. The fraction of sp³-hybridized carbons (Fsp3) is 0.0417. The van der Waals surface area contributed by atoms with Gasteiger partial charge in [0.15, 0.2) is 0 Å². The lowest BCUT2D eigenvalue weighted by Gasteiger charge is -2.10. The Hall–Kier alpha value is -4.59. The van der Waals surface area contributed by atoms with Crippen molar-refractivity contribution in [2.45, 2.75) is 6.92 Å². The summed E-state index contributed by atoms with van der Waals surface area (Å²) in [7, 11) is 0. The van der Waals surface area contributed by atoms with Crippen LogP contribution in [0.3, 0.4) is 0 Å². The van der Waals surface area contributed by atoms with E-state index in [9.17, 15) is 4.79 Å². The van der Waals surface area contributed by atoms with Crippen molar-refractivity contribution in [1.82, 2.24) is 24.5 Å². The molecule has 0 fully saturated rings. The van der Waals surface area contributed by atoms with Crippen molar-refractivity contribution in [2.75, 3.05) is 10.6 Å². The number of fused-ring (bicyclic) bond motifs is 1. The van der Waals surface area contributed by atoms with Crippen LogP contribution in [-0.4, -0.2) is 30.4 Å². The first-order valence-electron chi connectivity index (χ1n) is 10.0. The number of nitrogens with one attached hydrogen (secondary N) is 2. The summed E-state index contributed by atoms with van der Waals surface area (Å²) < 4.78 is 1.88. The molecule has 3 heterocycles. The van der Waals surface area contributed by atoms with E-state index in [1.807, 2.05) is 78.4 Å². The minimum absolute atomic E-state index is 0.251. The molecule has 2 aromatic carbocycles. The van der Waals surface area contributed by atoms with Crippen molar-refractivity contribution in [3.63, 3.8) is 0 Å². The Labute approximate surface area is 184 Å². The van der Waals surface area contributed by atoms with Crippen molar-refractivity contribution in [3.05, 3.63) is 97.1 Å². The molecule has 0 aliphatic rings. The molecular weight excluding hydrogens is 402 g/mol. The molecular formula is C24H19N7O. The standard InChI is InChI=1S/C24H19N7O/c1-16-25-12-13-31(16)22-14-21(27-15-28-22)29-18-6-8-19(9-7-18)30-24(32)23-20-5-3-2-4-17(20)10-11-26-23/h2-15H,1H3,(H,30,32)(H,27,28,29). The molecule has 0 spiro atoms. The largest absolute Gasteiger partial charge is 0.340 e. The van der Waals surface area contributed by atoms with Crippen molar-refractivity contribution in [3.8, 4) is 5.82 Å². The van der Waals surface area contributed by atoms with Gasteiger partial charge >= 0.3 is 0 Å². The third kappa shape index (κ3) is 3.89. The molecule has 0 aliphatic carbocycles. The Bertz CT molecular complexity index is 1400. The minimum atomic E-state index is -0.251. The molecule has 8 heteroatoms. The quantitative estimate of drug-likeness (QED) is 0.433. The maximum Gasteiger partial charge on any atom is 0.274 e. The lowest BCUT2D eigenvalue weighted by Crippen LogP contribution is -2.14. The smallest absolute Gasteiger partial charge is 0.274 e. The van der Waals surface area contributed by atoms with Gasteiger partial charge in [-0.3, -0.25) is 14.3 Å². The van der Waals surface area contributed by atoms with Crippen LogP contribution in [0.2, 0.25) is 0 Å². The molecule has 0 saturated carbocycles. The molecule has 3 aromatic heterocycles. The maximum atomic E-state index is 12.8. The summed E-state index contributed by atoms with van der Waals surface area (Å²) in [5.41, 5.74) is 1.90. The zero-order valence-corrected chi connectivity index (χ0v) is 17.2. The summed E-state index contributed by atoms with van der Waals surface area (Å²) in [6.07, 6.45) is 6.73. The van der Waals surface area contributed by atoms with E-state index in [4.69, 9.17) is 0 Å². The van der Waals surface area contributed by atoms with Crippen LogP contribution >= 0.6 is 0 Å². The number of hydrogen-bond acceptors (Lipinski definition) is 6. The molecule has 0 bridgehead atoms. The second-order valence-corrected chi connectivity index (χ2v) is 7.14. The maximum absolute atomic E-state index is 12.8. The van der Waals surface area contributed by atoms with Crippen LogP contribution in [0.25, 0.3) is 16.6 Å². The van der Waals surface area contributed by atoms with Gasteiger partial charge in [-0.05, 0) is 42.6 Å². The molecule has 8 nitrogen and oxygen atoms in total. The van der Waals surface area contributed by atoms with Gasteiger partial charge in [0, 0.05) is 41.4 Å². The lowest BCUT2D eigenvalue weighted by molar-refractivity contribution is 0.102. The molecule has 5 aromatic rings. The van der Waals surface area contributed by atoms with Gasteiger partial charge < -0.3 is 10.6 Å². The number of rotatable bonds is 5. The van der Waals surface area contributed by atoms with Crippen LogP contribution in [0.5, 0.6) is 0 Å². The number of nitrogens with zero attached hydrogens (tertiary/aromatic N) is 5. The molecule has 2 N–H and O–H groups in total. The number of hydrogen-bond donors (Lipinski definition) is 2. The van der Waals surface area contributed by atoms with E-state index in [0.717, 1.165) is 28.1 Å². The van der Waals surface area contributed by atoms with Gasteiger partial charge in [0.2, 0.25) is 0 Å². The predicted octanol–water partition coefficient (Wildman–Crippen LogP) is 4.51. The first-order chi connectivity index (χ1) is 15.7. The topological polar surface area (TPSA) is 97.6 Å². The summed E-state index contributed by atoms with van der Waals surface area (Å²) in [6.45, 7) is 1.91. The van der Waals surface area contributed by atoms with E-state index in [1.165, 1.54) is 6.33 Å². The first-order valence-corrected chi connectivity index (χ1v) is 10.0. The third-order valence-corrected chi connectivity index (χ3v) is 5.03. The molecule has 0 atom stereocenters. The summed E-state index contributed by atoms with van der Waals surface area (Å²) in [5, 5.41) is 7.95. The van der Waals surface area contributed by atoms with Crippen molar-refractivity contribution >= 4 is 33.9 Å². The zero-order chi connectivity index (χ0) is 21.9. The number of anilines is 3. The van der Waals surface area contributed by atoms with Gasteiger partial charge in [-0.2, -0.15) is 0 Å². The van der Waals surface area contributed by atoms with Gasteiger partial charge in [0.25, 0.3) is 5.91 Å². The van der Waals surface area contributed by atoms with E-state index in [1.54, 1.807) is 12.4 Å². The number of carbonyl (C=O) groups excluding carboxylic acids is 1. The highest BCUT2D eigenvalue weighted by Gasteiger charge is 2.12. The molecule has 0 radical (unpaired) electrons. The summed E-state index contributed by atoms with van der Waals surface area (Å²) in [6, 6.07) is 18.8. The molecule has 0 aliphatic heterocycles. The summed E-state index contributed by atoms with van der Waals surface area (Å²) in [4.78, 5) is 29.8. The number of pyridine rings is 1. The van der Waals surface area contributed by atoms with Crippen LogP contribution in [0.15, 0.2) is 85.6 Å². The predicted molar refractivity (Wildman–Crippen MR) is 123 cm³/mol. The lowest BCUT2D eigenvalue weighted by atomic mass is 10.1. The van der Waals surface area contributed by atoms with E-state index < -0.39 is 0 Å². The van der Waals surface area contributed by atoms with Crippen LogP contribution in [0.1, 0.15) is 16.3 Å². The monoisotopic (exact) mass is 421 g/mol. The van der Waals surface area contributed by atoms with Crippen LogP contribution in [0, 0.1) is 6.92 Å². The average molecular weight is 421 g/mol. The van der Waals surface area contributed by atoms with Crippen molar-refractivity contribution in [1.29, 1.82) is 0 Å². The highest BCUT2D eigenvalue weighted by Crippen LogP contribution is 2.21. The van der Waals surface area contributed by atoms with E-state index in [-0.39, 0.29) is 5.91 Å². The van der Waals surface area contributed by atoms with Gasteiger partial charge in [-0.25, -0.2) is 15.0 Å². The highest BCUT2D eigenvalue weighted by molar-refractivity contribution is 6.11.